The molecule has 2 rings (SSSR count). The van der Waals surface area contributed by atoms with Crippen LogP contribution in [-0.2, 0) is 4.79 Å². The predicted octanol–water partition coefficient (Wildman–Crippen LogP) is 3.76. The van der Waals surface area contributed by atoms with Crippen molar-refractivity contribution in [2.45, 2.75) is 84.8 Å². The van der Waals surface area contributed by atoms with E-state index in [9.17, 15) is 15.0 Å². The molecule has 0 aromatic rings. The average molecular weight is 338 g/mol. The largest absolute Gasteiger partial charge is 0.478 e. The number of aliphatic hydroxyl groups is 2. The van der Waals surface area contributed by atoms with Crippen LogP contribution in [0.15, 0.2) is 11.6 Å². The summed E-state index contributed by atoms with van der Waals surface area (Å²) < 4.78 is 0. The van der Waals surface area contributed by atoms with E-state index in [4.69, 9.17) is 5.11 Å². The highest BCUT2D eigenvalue weighted by molar-refractivity contribution is 5.80. The van der Waals surface area contributed by atoms with Gasteiger partial charge in [0.05, 0.1) is 11.7 Å². The van der Waals surface area contributed by atoms with Crippen molar-refractivity contribution < 1.29 is 20.1 Å². The zero-order valence-corrected chi connectivity index (χ0v) is 15.8. The third kappa shape index (κ3) is 3.03. The number of aliphatic carboxylic acids is 1. The first-order valence-corrected chi connectivity index (χ1v) is 9.25. The van der Waals surface area contributed by atoms with Crippen LogP contribution < -0.4 is 0 Å². The van der Waals surface area contributed by atoms with Crippen molar-refractivity contribution >= 4 is 5.97 Å². The Hall–Kier alpha value is -0.870. The maximum atomic E-state index is 11.1. The van der Waals surface area contributed by atoms with Gasteiger partial charge in [-0.2, -0.15) is 0 Å². The molecular formula is C20H34O4. The summed E-state index contributed by atoms with van der Waals surface area (Å²) in [5, 5.41) is 30.4. The number of hydrogen-bond donors (Lipinski definition) is 3. The molecule has 2 saturated carbocycles. The predicted molar refractivity (Wildman–Crippen MR) is 94.6 cm³/mol. The summed E-state index contributed by atoms with van der Waals surface area (Å²) in [5.41, 5.74) is -0.421. The molecule has 24 heavy (non-hydrogen) atoms. The van der Waals surface area contributed by atoms with Gasteiger partial charge in [-0.05, 0) is 69.6 Å². The maximum Gasteiger partial charge on any atom is 0.328 e. The highest BCUT2D eigenvalue weighted by atomic mass is 16.4. The van der Waals surface area contributed by atoms with Crippen LogP contribution in [0.2, 0.25) is 0 Å². The van der Waals surface area contributed by atoms with Gasteiger partial charge < -0.3 is 15.3 Å². The smallest absolute Gasteiger partial charge is 0.328 e. The summed E-state index contributed by atoms with van der Waals surface area (Å²) >= 11 is 0. The van der Waals surface area contributed by atoms with Gasteiger partial charge in [-0.25, -0.2) is 4.79 Å². The Morgan fingerprint density at radius 2 is 1.83 bits per heavy atom. The molecule has 6 atom stereocenters. The van der Waals surface area contributed by atoms with E-state index in [-0.39, 0.29) is 10.8 Å². The van der Waals surface area contributed by atoms with Gasteiger partial charge in [0.2, 0.25) is 0 Å². The summed E-state index contributed by atoms with van der Waals surface area (Å²) in [6.07, 6.45) is 5.87. The van der Waals surface area contributed by atoms with Crippen LogP contribution in [0.1, 0.15) is 73.1 Å². The molecular weight excluding hydrogens is 304 g/mol. The number of fused-ring (bicyclic) bond motifs is 1. The molecule has 0 amide bonds. The minimum Gasteiger partial charge on any atom is -0.478 e. The number of carboxylic acid groups (broad SMARTS) is 1. The van der Waals surface area contributed by atoms with Gasteiger partial charge in [0.1, 0.15) is 0 Å². The molecule has 0 heterocycles. The maximum absolute atomic E-state index is 11.1. The summed E-state index contributed by atoms with van der Waals surface area (Å²) in [4.78, 5) is 10.9. The molecule has 0 radical (unpaired) electrons. The third-order valence-corrected chi connectivity index (χ3v) is 7.75. The highest BCUT2D eigenvalue weighted by Crippen LogP contribution is 2.64. The minimum absolute atomic E-state index is 0.0464. The number of hydrogen-bond acceptors (Lipinski definition) is 3. The third-order valence-electron chi connectivity index (χ3n) is 7.75. The quantitative estimate of drug-likeness (QED) is 0.682. The highest BCUT2D eigenvalue weighted by Gasteiger charge is 2.62. The molecule has 2 aliphatic carbocycles. The lowest BCUT2D eigenvalue weighted by Crippen LogP contribution is -2.65. The first kappa shape index (κ1) is 19.5. The Balaban J connectivity index is 2.29. The summed E-state index contributed by atoms with van der Waals surface area (Å²) in [6.45, 7) is 10.4. The first-order chi connectivity index (χ1) is 10.9. The summed E-state index contributed by atoms with van der Waals surface area (Å²) in [5.74, 6) is -0.0214. The number of carboxylic acids is 1. The lowest BCUT2D eigenvalue weighted by Gasteiger charge is -2.64. The van der Waals surface area contributed by atoms with Gasteiger partial charge in [-0.3, -0.25) is 0 Å². The molecule has 0 spiro atoms. The molecule has 4 heteroatoms. The molecule has 0 bridgehead atoms. The Bertz CT molecular complexity index is 524. The average Bonchev–Trinajstić information content (AvgIpc) is 2.47. The van der Waals surface area contributed by atoms with Crippen LogP contribution >= 0.6 is 0 Å². The molecule has 138 valence electrons. The molecule has 0 aromatic carbocycles. The van der Waals surface area contributed by atoms with Crippen molar-refractivity contribution in [3.8, 4) is 0 Å². The van der Waals surface area contributed by atoms with Gasteiger partial charge in [0.15, 0.2) is 0 Å². The van der Waals surface area contributed by atoms with Gasteiger partial charge in [0.25, 0.3) is 0 Å². The minimum atomic E-state index is -1.07. The van der Waals surface area contributed by atoms with E-state index in [0.29, 0.717) is 18.3 Å². The van der Waals surface area contributed by atoms with Gasteiger partial charge in [-0.1, -0.05) is 26.3 Å². The van der Waals surface area contributed by atoms with E-state index >= 15 is 0 Å². The van der Waals surface area contributed by atoms with Crippen LogP contribution in [0.3, 0.4) is 0 Å². The SMILES string of the molecule is C/C(=C\C(=O)O)CC[C@@]1(C)[C@H](C)CC[C@]2(C)[C@@H]1CC[C@@H](O)[C@]2(C)O. The van der Waals surface area contributed by atoms with Crippen LogP contribution in [0, 0.1) is 22.7 Å². The summed E-state index contributed by atoms with van der Waals surface area (Å²) in [6, 6.07) is 0. The number of allylic oxidation sites excluding steroid dienone is 1. The van der Waals surface area contributed by atoms with Crippen LogP contribution in [0.25, 0.3) is 0 Å². The van der Waals surface area contributed by atoms with Crippen molar-refractivity contribution in [1.82, 2.24) is 0 Å². The van der Waals surface area contributed by atoms with E-state index in [2.05, 4.69) is 20.8 Å². The Kier molecular flexibility index (Phi) is 5.23. The van der Waals surface area contributed by atoms with Gasteiger partial charge >= 0.3 is 5.97 Å². The second-order valence-electron chi connectivity index (χ2n) is 8.99. The zero-order valence-electron chi connectivity index (χ0n) is 15.8. The van der Waals surface area contributed by atoms with E-state index < -0.39 is 17.7 Å². The van der Waals surface area contributed by atoms with Crippen molar-refractivity contribution in [3.63, 3.8) is 0 Å². The fourth-order valence-electron chi connectivity index (χ4n) is 5.50. The van der Waals surface area contributed by atoms with Crippen molar-refractivity contribution in [2.24, 2.45) is 22.7 Å². The monoisotopic (exact) mass is 338 g/mol. The fourth-order valence-corrected chi connectivity index (χ4v) is 5.50. The van der Waals surface area contributed by atoms with E-state index in [1.807, 2.05) is 6.92 Å². The lowest BCUT2D eigenvalue weighted by molar-refractivity contribution is -0.235. The van der Waals surface area contributed by atoms with Crippen molar-refractivity contribution in [1.29, 1.82) is 0 Å². The van der Waals surface area contributed by atoms with Crippen LogP contribution in [-0.4, -0.2) is 33.0 Å². The fraction of sp³-hybridized carbons (Fsp3) is 0.850. The van der Waals surface area contributed by atoms with E-state index in [1.54, 1.807) is 6.92 Å². The number of carbonyl (C=O) groups is 1. The standard InChI is InChI=1S/C20H34O4/c1-13(12-17(22)23)8-10-18(3)14(2)9-11-19(4)15(18)6-7-16(21)20(19,5)24/h12,14-16,21,24H,6-11H2,1-5H3,(H,22,23)/b13-12+/t14-,15-,16-,18+,19-,20+/m1/s1. The Morgan fingerprint density at radius 3 is 2.42 bits per heavy atom. The first-order valence-electron chi connectivity index (χ1n) is 9.25. The molecule has 3 N–H and O–H groups in total. The molecule has 0 aliphatic heterocycles. The second-order valence-corrected chi connectivity index (χ2v) is 8.99. The van der Waals surface area contributed by atoms with Gasteiger partial charge in [-0.15, -0.1) is 0 Å². The van der Waals surface area contributed by atoms with Crippen molar-refractivity contribution in [3.05, 3.63) is 11.6 Å². The Labute approximate surface area is 146 Å². The number of rotatable bonds is 4. The number of aliphatic hydroxyl groups excluding tert-OH is 1. The lowest BCUT2D eigenvalue weighted by atomic mass is 9.43. The molecule has 2 aliphatic rings. The van der Waals surface area contributed by atoms with E-state index in [0.717, 1.165) is 37.7 Å². The van der Waals surface area contributed by atoms with Crippen LogP contribution in [0.5, 0.6) is 0 Å². The summed E-state index contributed by atoms with van der Waals surface area (Å²) in [7, 11) is 0. The zero-order chi connectivity index (χ0) is 18.3. The molecule has 4 nitrogen and oxygen atoms in total. The Morgan fingerprint density at radius 1 is 1.21 bits per heavy atom. The van der Waals surface area contributed by atoms with Crippen molar-refractivity contribution in [2.75, 3.05) is 0 Å². The molecule has 0 saturated heterocycles. The van der Waals surface area contributed by atoms with Gasteiger partial charge in [0, 0.05) is 11.5 Å². The molecule has 2 fully saturated rings. The topological polar surface area (TPSA) is 77.8 Å². The van der Waals surface area contributed by atoms with E-state index in [1.165, 1.54) is 6.08 Å². The molecule has 0 unspecified atom stereocenters. The van der Waals surface area contributed by atoms with Crippen LogP contribution in [0.4, 0.5) is 0 Å². The second kappa shape index (κ2) is 6.45. The molecule has 0 aromatic heterocycles. The normalized spacial score (nSPS) is 46.5.